The molecular weight excluding hydrogens is 242 g/mol. The molecule has 17 heavy (non-hydrogen) atoms. The molecule has 0 saturated heterocycles. The zero-order valence-electron chi connectivity index (χ0n) is 10.0. The summed E-state index contributed by atoms with van der Waals surface area (Å²) in [6, 6.07) is 5.85. The molecule has 0 amide bonds. The fourth-order valence-corrected chi connectivity index (χ4v) is 0.996. The molecule has 0 aromatic heterocycles. The van der Waals surface area contributed by atoms with Crippen molar-refractivity contribution in [3.05, 3.63) is 29.3 Å². The number of aryl methyl sites for hydroxylation is 1. The van der Waals surface area contributed by atoms with E-state index in [2.05, 4.69) is 4.99 Å². The van der Waals surface area contributed by atoms with Crippen molar-refractivity contribution in [3.8, 4) is 0 Å². The molecule has 0 fully saturated rings. The molecule has 1 aromatic carbocycles. The molecule has 1 rings (SSSR count). The smallest absolute Gasteiger partial charge is 0.261 e. The maximum atomic E-state index is 9.19. The maximum absolute atomic E-state index is 9.19. The first-order valence-corrected chi connectivity index (χ1v) is 6.54. The summed E-state index contributed by atoms with van der Waals surface area (Å²) in [7, 11) is -3.67. The van der Waals surface area contributed by atoms with E-state index in [-0.39, 0.29) is 5.96 Å². The van der Waals surface area contributed by atoms with Crippen molar-refractivity contribution in [2.24, 2.45) is 16.5 Å². The number of aliphatic imine (C=N–C) groups is 1. The van der Waals surface area contributed by atoms with E-state index >= 15 is 0 Å². The fraction of sp³-hybridized carbons (Fsp3) is 0.300. The van der Waals surface area contributed by atoms with Gasteiger partial charge in [-0.3, -0.25) is 4.55 Å². The standard InChI is InChI=1S/C9H13N3.CH4O3S/c1-6-4-3-5-8(7(6)2)12-9(10)11;1-5(2,3)4/h3-5H,1-2H3,(H4,10,11,12);1H3,(H,2,3,4). The molecule has 0 aliphatic carbocycles. The number of hydrogen-bond acceptors (Lipinski definition) is 3. The monoisotopic (exact) mass is 259 g/mol. The van der Waals surface area contributed by atoms with Crippen LogP contribution in [0.5, 0.6) is 0 Å². The van der Waals surface area contributed by atoms with Crippen molar-refractivity contribution in [1.29, 1.82) is 0 Å². The third kappa shape index (κ3) is 8.23. The molecular formula is C10H17N3O3S. The quantitative estimate of drug-likeness (QED) is 0.390. The Bertz CT molecular complexity index is 498. The molecule has 0 aliphatic heterocycles. The third-order valence-electron chi connectivity index (χ3n) is 1.83. The van der Waals surface area contributed by atoms with E-state index in [0.717, 1.165) is 11.3 Å². The summed E-state index contributed by atoms with van der Waals surface area (Å²) in [5, 5.41) is 0. The van der Waals surface area contributed by atoms with Crippen molar-refractivity contribution < 1.29 is 13.0 Å². The Balaban J connectivity index is 0.000000437. The van der Waals surface area contributed by atoms with Gasteiger partial charge in [0, 0.05) is 0 Å². The maximum Gasteiger partial charge on any atom is 0.261 e. The number of nitrogens with zero attached hydrogens (tertiary/aromatic N) is 1. The van der Waals surface area contributed by atoms with Crippen LogP contribution in [0.4, 0.5) is 5.69 Å². The summed E-state index contributed by atoms with van der Waals surface area (Å²) >= 11 is 0. The minimum absolute atomic E-state index is 0.101. The molecule has 7 heteroatoms. The van der Waals surface area contributed by atoms with Crippen LogP contribution in [0.15, 0.2) is 23.2 Å². The van der Waals surface area contributed by atoms with Crippen LogP contribution in [0, 0.1) is 13.8 Å². The molecule has 0 spiro atoms. The van der Waals surface area contributed by atoms with Gasteiger partial charge in [-0.15, -0.1) is 0 Å². The highest BCUT2D eigenvalue weighted by Crippen LogP contribution is 2.20. The van der Waals surface area contributed by atoms with Crippen LogP contribution in [0.3, 0.4) is 0 Å². The highest BCUT2D eigenvalue weighted by atomic mass is 32.2. The third-order valence-corrected chi connectivity index (χ3v) is 1.83. The molecule has 0 atom stereocenters. The minimum atomic E-state index is -3.67. The summed E-state index contributed by atoms with van der Waals surface area (Å²) in [5.41, 5.74) is 13.7. The SMILES string of the molecule is CS(=O)(=O)O.Cc1cccc(N=C(N)N)c1C. The lowest BCUT2D eigenvalue weighted by Crippen LogP contribution is -2.22. The van der Waals surface area contributed by atoms with Gasteiger partial charge in [-0.05, 0) is 31.0 Å². The van der Waals surface area contributed by atoms with Gasteiger partial charge in [-0.25, -0.2) is 4.99 Å². The van der Waals surface area contributed by atoms with E-state index < -0.39 is 10.1 Å². The van der Waals surface area contributed by atoms with E-state index in [0.29, 0.717) is 6.26 Å². The van der Waals surface area contributed by atoms with Crippen LogP contribution < -0.4 is 11.5 Å². The van der Waals surface area contributed by atoms with E-state index in [9.17, 15) is 8.42 Å². The normalized spacial score (nSPS) is 10.1. The molecule has 96 valence electrons. The van der Waals surface area contributed by atoms with E-state index in [1.54, 1.807) is 0 Å². The van der Waals surface area contributed by atoms with Gasteiger partial charge in [0.15, 0.2) is 5.96 Å². The van der Waals surface area contributed by atoms with Crippen LogP contribution in [0.2, 0.25) is 0 Å². The number of guanidine groups is 1. The molecule has 0 heterocycles. The lowest BCUT2D eigenvalue weighted by Gasteiger charge is -2.02. The zero-order chi connectivity index (χ0) is 13.6. The summed E-state index contributed by atoms with van der Waals surface area (Å²) in [4.78, 5) is 3.99. The second kappa shape index (κ2) is 6.21. The van der Waals surface area contributed by atoms with E-state index in [4.69, 9.17) is 16.0 Å². The van der Waals surface area contributed by atoms with Crippen molar-refractivity contribution in [2.45, 2.75) is 13.8 Å². The van der Waals surface area contributed by atoms with Gasteiger partial charge in [0.1, 0.15) is 0 Å². The Morgan fingerprint density at radius 1 is 1.29 bits per heavy atom. The van der Waals surface area contributed by atoms with E-state index in [1.165, 1.54) is 5.56 Å². The second-order valence-corrected chi connectivity index (χ2v) is 4.95. The zero-order valence-corrected chi connectivity index (χ0v) is 10.8. The first-order chi connectivity index (χ1) is 7.61. The second-order valence-electron chi connectivity index (χ2n) is 3.49. The van der Waals surface area contributed by atoms with Gasteiger partial charge in [-0.1, -0.05) is 12.1 Å². The predicted octanol–water partition coefficient (Wildman–Crippen LogP) is 0.712. The molecule has 1 aromatic rings. The first kappa shape index (κ1) is 15.4. The van der Waals surface area contributed by atoms with Gasteiger partial charge in [0.2, 0.25) is 0 Å². The summed E-state index contributed by atoms with van der Waals surface area (Å²) < 4.78 is 25.9. The first-order valence-electron chi connectivity index (χ1n) is 4.69. The van der Waals surface area contributed by atoms with Gasteiger partial charge < -0.3 is 11.5 Å². The number of hydrogen-bond donors (Lipinski definition) is 3. The molecule has 0 saturated carbocycles. The van der Waals surface area contributed by atoms with Crippen molar-refractivity contribution in [2.75, 3.05) is 6.26 Å². The van der Waals surface area contributed by atoms with Crippen LogP contribution in [-0.4, -0.2) is 25.2 Å². The average Bonchev–Trinajstić information content (AvgIpc) is 2.09. The molecule has 6 nitrogen and oxygen atoms in total. The van der Waals surface area contributed by atoms with Gasteiger partial charge in [-0.2, -0.15) is 8.42 Å². The van der Waals surface area contributed by atoms with Crippen molar-refractivity contribution in [3.63, 3.8) is 0 Å². The Morgan fingerprint density at radius 3 is 2.18 bits per heavy atom. The average molecular weight is 259 g/mol. The lowest BCUT2D eigenvalue weighted by molar-refractivity contribution is 0.490. The van der Waals surface area contributed by atoms with Gasteiger partial charge in [0.25, 0.3) is 10.1 Å². The van der Waals surface area contributed by atoms with Gasteiger partial charge in [0.05, 0.1) is 11.9 Å². The van der Waals surface area contributed by atoms with Crippen LogP contribution in [0.25, 0.3) is 0 Å². The molecule has 0 unspecified atom stereocenters. The van der Waals surface area contributed by atoms with E-state index in [1.807, 2.05) is 32.0 Å². The lowest BCUT2D eigenvalue weighted by atomic mass is 10.1. The molecule has 0 radical (unpaired) electrons. The summed E-state index contributed by atoms with van der Waals surface area (Å²) in [5.74, 6) is 0.101. The van der Waals surface area contributed by atoms with Gasteiger partial charge >= 0.3 is 0 Å². The fourth-order valence-electron chi connectivity index (χ4n) is 0.996. The highest BCUT2D eigenvalue weighted by Gasteiger charge is 1.97. The topological polar surface area (TPSA) is 119 Å². The molecule has 0 bridgehead atoms. The Morgan fingerprint density at radius 2 is 1.76 bits per heavy atom. The number of rotatable bonds is 1. The summed E-state index contributed by atoms with van der Waals surface area (Å²) in [6.45, 7) is 4.03. The Hall–Kier alpha value is -1.60. The minimum Gasteiger partial charge on any atom is -0.370 e. The van der Waals surface area contributed by atoms with Crippen LogP contribution in [-0.2, 0) is 10.1 Å². The molecule has 5 N–H and O–H groups in total. The van der Waals surface area contributed by atoms with Crippen molar-refractivity contribution in [1.82, 2.24) is 0 Å². The Labute approximate surface area is 101 Å². The Kier molecular flexibility index (Phi) is 5.63. The predicted molar refractivity (Wildman–Crippen MR) is 68.9 cm³/mol. The largest absolute Gasteiger partial charge is 0.370 e. The van der Waals surface area contributed by atoms with Crippen LogP contribution in [0.1, 0.15) is 11.1 Å². The van der Waals surface area contributed by atoms with Crippen LogP contribution >= 0.6 is 0 Å². The van der Waals surface area contributed by atoms with Crippen molar-refractivity contribution >= 4 is 21.8 Å². The highest BCUT2D eigenvalue weighted by molar-refractivity contribution is 7.85. The number of benzene rings is 1. The number of nitrogens with two attached hydrogens (primary N) is 2. The molecule has 0 aliphatic rings. The summed E-state index contributed by atoms with van der Waals surface area (Å²) in [6.07, 6.45) is 0.715.